The predicted molar refractivity (Wildman–Crippen MR) is 119 cm³/mol. The molecule has 1 aromatic heterocycles. The SMILES string of the molecule is COc1cccc(N2CCN(C(=O)Cc3c(C)c4ccc(O)c(C)c4oc3=O)CC2)c1. The van der Waals surface area contributed by atoms with Crippen LogP contribution in [0.5, 0.6) is 11.5 Å². The van der Waals surface area contributed by atoms with Gasteiger partial charge >= 0.3 is 5.63 Å². The van der Waals surface area contributed by atoms with Crippen LogP contribution in [0.4, 0.5) is 5.69 Å². The van der Waals surface area contributed by atoms with Crippen LogP contribution in [0.1, 0.15) is 16.7 Å². The number of aryl methyl sites for hydroxylation is 2. The van der Waals surface area contributed by atoms with Crippen LogP contribution in [0.2, 0.25) is 0 Å². The molecule has 0 atom stereocenters. The zero-order valence-corrected chi connectivity index (χ0v) is 18.0. The van der Waals surface area contributed by atoms with Crippen molar-refractivity contribution in [3.63, 3.8) is 0 Å². The smallest absolute Gasteiger partial charge is 0.340 e. The molecular weight excluding hydrogens is 396 g/mol. The lowest BCUT2D eigenvalue weighted by molar-refractivity contribution is -0.130. The fourth-order valence-corrected chi connectivity index (χ4v) is 4.07. The number of methoxy groups -OCH3 is 1. The summed E-state index contributed by atoms with van der Waals surface area (Å²) in [6.45, 7) is 6.11. The number of aromatic hydroxyl groups is 1. The molecule has 1 saturated heterocycles. The Morgan fingerprint density at radius 2 is 1.84 bits per heavy atom. The molecule has 0 spiro atoms. The number of benzene rings is 2. The maximum absolute atomic E-state index is 12.9. The van der Waals surface area contributed by atoms with Gasteiger partial charge in [-0.3, -0.25) is 4.79 Å². The van der Waals surface area contributed by atoms with Gasteiger partial charge in [0, 0.05) is 48.9 Å². The van der Waals surface area contributed by atoms with Gasteiger partial charge < -0.3 is 24.1 Å². The van der Waals surface area contributed by atoms with Crippen LogP contribution in [0.3, 0.4) is 0 Å². The van der Waals surface area contributed by atoms with Crippen LogP contribution in [-0.4, -0.2) is 49.2 Å². The first-order valence-corrected chi connectivity index (χ1v) is 10.3. The van der Waals surface area contributed by atoms with E-state index < -0.39 is 5.63 Å². The van der Waals surface area contributed by atoms with Crippen LogP contribution < -0.4 is 15.3 Å². The second kappa shape index (κ2) is 8.34. The summed E-state index contributed by atoms with van der Waals surface area (Å²) < 4.78 is 10.8. The molecule has 1 N–H and O–H groups in total. The summed E-state index contributed by atoms with van der Waals surface area (Å²) in [6, 6.07) is 11.2. The number of phenolic OH excluding ortho intramolecular Hbond substituents is 1. The first kappa shape index (κ1) is 20.8. The van der Waals surface area contributed by atoms with Crippen molar-refractivity contribution in [2.75, 3.05) is 38.2 Å². The number of amides is 1. The number of rotatable bonds is 4. The molecule has 1 aliphatic rings. The van der Waals surface area contributed by atoms with E-state index in [1.54, 1.807) is 31.1 Å². The number of anilines is 1. The van der Waals surface area contributed by atoms with E-state index in [1.807, 2.05) is 31.2 Å². The summed E-state index contributed by atoms with van der Waals surface area (Å²) in [7, 11) is 1.64. The van der Waals surface area contributed by atoms with Crippen molar-refractivity contribution in [3.8, 4) is 11.5 Å². The molecule has 0 unspecified atom stereocenters. The Bertz CT molecular complexity index is 1190. The second-order valence-electron chi connectivity index (χ2n) is 7.83. The number of carbonyl (C=O) groups excluding carboxylic acids is 1. The number of fused-ring (bicyclic) bond motifs is 1. The summed E-state index contributed by atoms with van der Waals surface area (Å²) in [4.78, 5) is 29.5. The molecular formula is C24H26N2O5. The summed E-state index contributed by atoms with van der Waals surface area (Å²) in [6.07, 6.45) is 0.00317. The lowest BCUT2D eigenvalue weighted by Gasteiger charge is -2.36. The molecule has 7 nitrogen and oxygen atoms in total. The molecule has 31 heavy (non-hydrogen) atoms. The van der Waals surface area contributed by atoms with Crippen molar-refractivity contribution in [3.05, 3.63) is 63.5 Å². The van der Waals surface area contributed by atoms with Crippen molar-refractivity contribution in [2.24, 2.45) is 0 Å². The standard InChI is InChI=1S/C24H26N2O5/c1-15-19-7-8-21(27)16(2)23(19)31-24(29)20(15)14-22(28)26-11-9-25(10-12-26)17-5-4-6-18(13-17)30-3/h4-8,13,27H,9-12,14H2,1-3H3. The maximum atomic E-state index is 12.9. The van der Waals surface area contributed by atoms with Gasteiger partial charge in [0.05, 0.1) is 19.1 Å². The van der Waals surface area contributed by atoms with Crippen LogP contribution in [0.25, 0.3) is 11.0 Å². The van der Waals surface area contributed by atoms with Gasteiger partial charge in [0.15, 0.2) is 0 Å². The van der Waals surface area contributed by atoms with Crippen molar-refractivity contribution >= 4 is 22.6 Å². The zero-order chi connectivity index (χ0) is 22.1. The maximum Gasteiger partial charge on any atom is 0.340 e. The second-order valence-corrected chi connectivity index (χ2v) is 7.83. The first-order chi connectivity index (χ1) is 14.9. The number of carbonyl (C=O) groups is 1. The lowest BCUT2D eigenvalue weighted by atomic mass is 10.0. The van der Waals surface area contributed by atoms with Crippen LogP contribution >= 0.6 is 0 Å². The van der Waals surface area contributed by atoms with Crippen molar-refractivity contribution in [2.45, 2.75) is 20.3 Å². The number of hydrogen-bond acceptors (Lipinski definition) is 6. The molecule has 3 aromatic rings. The van der Waals surface area contributed by atoms with E-state index in [9.17, 15) is 14.7 Å². The van der Waals surface area contributed by atoms with Gasteiger partial charge in [-0.1, -0.05) is 6.07 Å². The minimum atomic E-state index is -0.526. The molecule has 4 rings (SSSR count). The van der Waals surface area contributed by atoms with E-state index >= 15 is 0 Å². The number of hydrogen-bond donors (Lipinski definition) is 1. The van der Waals surface area contributed by atoms with Gasteiger partial charge in [0.1, 0.15) is 17.1 Å². The molecule has 0 bridgehead atoms. The van der Waals surface area contributed by atoms with Gasteiger partial charge in [-0.05, 0) is 43.7 Å². The van der Waals surface area contributed by atoms with Crippen molar-refractivity contribution in [1.29, 1.82) is 0 Å². The number of ether oxygens (including phenoxy) is 1. The topological polar surface area (TPSA) is 83.2 Å². The molecule has 0 radical (unpaired) electrons. The Morgan fingerprint density at radius 3 is 2.55 bits per heavy atom. The van der Waals surface area contributed by atoms with Gasteiger partial charge in [0.2, 0.25) is 5.91 Å². The van der Waals surface area contributed by atoms with Crippen LogP contribution in [0.15, 0.2) is 45.6 Å². The third kappa shape index (κ3) is 3.95. The largest absolute Gasteiger partial charge is 0.508 e. The molecule has 1 fully saturated rings. The van der Waals surface area contributed by atoms with Crippen LogP contribution in [0, 0.1) is 13.8 Å². The normalized spacial score (nSPS) is 14.2. The monoisotopic (exact) mass is 422 g/mol. The van der Waals surface area contributed by atoms with Gasteiger partial charge in [-0.2, -0.15) is 0 Å². The van der Waals surface area contributed by atoms with Gasteiger partial charge in [0.25, 0.3) is 0 Å². The average molecular weight is 422 g/mol. The minimum Gasteiger partial charge on any atom is -0.508 e. The van der Waals surface area contributed by atoms with Crippen LogP contribution in [-0.2, 0) is 11.2 Å². The highest BCUT2D eigenvalue weighted by Crippen LogP contribution is 2.29. The van der Waals surface area contributed by atoms with E-state index in [1.165, 1.54) is 0 Å². The van der Waals surface area contributed by atoms with E-state index in [0.717, 1.165) is 22.4 Å². The fraction of sp³-hybridized carbons (Fsp3) is 0.333. The molecule has 2 heterocycles. The molecule has 7 heteroatoms. The highest BCUT2D eigenvalue weighted by atomic mass is 16.5. The number of nitrogens with zero attached hydrogens (tertiary/aromatic N) is 2. The molecule has 0 aliphatic carbocycles. The summed E-state index contributed by atoms with van der Waals surface area (Å²) >= 11 is 0. The lowest BCUT2D eigenvalue weighted by Crippen LogP contribution is -2.49. The highest BCUT2D eigenvalue weighted by Gasteiger charge is 2.24. The number of phenols is 1. The summed E-state index contributed by atoms with van der Waals surface area (Å²) in [5, 5.41) is 10.6. The average Bonchev–Trinajstić information content (AvgIpc) is 2.79. The molecule has 2 aromatic carbocycles. The third-order valence-corrected chi connectivity index (χ3v) is 6.05. The number of piperazine rings is 1. The minimum absolute atomic E-state index is 0.00317. The quantitative estimate of drug-likeness (QED) is 0.651. The van der Waals surface area contributed by atoms with E-state index in [-0.39, 0.29) is 18.1 Å². The highest BCUT2D eigenvalue weighted by molar-refractivity contribution is 5.87. The Labute approximate surface area is 180 Å². The van der Waals surface area contributed by atoms with Crippen molar-refractivity contribution in [1.82, 2.24) is 4.90 Å². The first-order valence-electron chi connectivity index (χ1n) is 10.3. The van der Waals surface area contributed by atoms with E-state index in [2.05, 4.69) is 4.90 Å². The molecule has 1 aliphatic heterocycles. The van der Waals surface area contributed by atoms with E-state index in [0.29, 0.717) is 42.9 Å². The Balaban J connectivity index is 1.49. The third-order valence-electron chi connectivity index (χ3n) is 6.05. The van der Waals surface area contributed by atoms with Crippen molar-refractivity contribution < 1.29 is 19.1 Å². The molecule has 162 valence electrons. The van der Waals surface area contributed by atoms with Gasteiger partial charge in [-0.25, -0.2) is 4.79 Å². The Hall–Kier alpha value is -3.48. The predicted octanol–water partition coefficient (Wildman–Crippen LogP) is 3.02. The van der Waals surface area contributed by atoms with Gasteiger partial charge in [-0.15, -0.1) is 0 Å². The fourth-order valence-electron chi connectivity index (χ4n) is 4.07. The summed E-state index contributed by atoms with van der Waals surface area (Å²) in [5.41, 5.74) is 2.52. The summed E-state index contributed by atoms with van der Waals surface area (Å²) in [5.74, 6) is 0.793. The zero-order valence-electron chi connectivity index (χ0n) is 18.0. The Morgan fingerprint density at radius 1 is 1.10 bits per heavy atom. The Kier molecular flexibility index (Phi) is 5.59. The molecule has 1 amide bonds. The van der Waals surface area contributed by atoms with E-state index in [4.69, 9.17) is 9.15 Å². The molecule has 0 saturated carbocycles.